The Kier molecular flexibility index (Phi) is 4.29. The van der Waals surface area contributed by atoms with Gasteiger partial charge in [0.25, 0.3) is 0 Å². The summed E-state index contributed by atoms with van der Waals surface area (Å²) >= 11 is 5.81. The lowest BCUT2D eigenvalue weighted by Crippen LogP contribution is -2.28. The number of ether oxygens (including phenoxy) is 1. The van der Waals surface area contributed by atoms with E-state index >= 15 is 0 Å². The fourth-order valence-electron chi connectivity index (χ4n) is 0.974. The SMILES string of the molecule is CC(C)Oc1nc(Cl)nc(N(C)C(C)C)n1. The van der Waals surface area contributed by atoms with Crippen LogP contribution < -0.4 is 9.64 Å². The van der Waals surface area contributed by atoms with Gasteiger partial charge in [0.15, 0.2) is 0 Å². The molecular formula is C10H17ClN4O. The third-order valence-corrected chi connectivity index (χ3v) is 2.18. The lowest BCUT2D eigenvalue weighted by Gasteiger charge is -2.21. The smallest absolute Gasteiger partial charge is 0.322 e. The van der Waals surface area contributed by atoms with Crippen molar-refractivity contribution in [2.24, 2.45) is 0 Å². The Balaban J connectivity index is 2.98. The minimum atomic E-state index is 0.00988. The van der Waals surface area contributed by atoms with Gasteiger partial charge in [-0.05, 0) is 39.3 Å². The van der Waals surface area contributed by atoms with Crippen LogP contribution in [-0.2, 0) is 0 Å². The molecule has 0 aliphatic rings. The van der Waals surface area contributed by atoms with Gasteiger partial charge in [-0.2, -0.15) is 15.0 Å². The molecule has 0 spiro atoms. The molecule has 0 unspecified atom stereocenters. The van der Waals surface area contributed by atoms with Gasteiger partial charge in [0.2, 0.25) is 11.2 Å². The Morgan fingerprint density at radius 3 is 2.25 bits per heavy atom. The molecule has 0 N–H and O–H groups in total. The maximum absolute atomic E-state index is 5.81. The molecule has 0 radical (unpaired) electrons. The van der Waals surface area contributed by atoms with Crippen molar-refractivity contribution < 1.29 is 4.74 Å². The number of anilines is 1. The summed E-state index contributed by atoms with van der Waals surface area (Å²) in [4.78, 5) is 14.1. The van der Waals surface area contributed by atoms with E-state index in [-0.39, 0.29) is 23.4 Å². The number of hydrogen-bond acceptors (Lipinski definition) is 5. The predicted molar refractivity (Wildman–Crippen MR) is 64.1 cm³/mol. The summed E-state index contributed by atoms with van der Waals surface area (Å²) in [5.74, 6) is 0.519. The minimum absolute atomic E-state index is 0.00988. The van der Waals surface area contributed by atoms with Gasteiger partial charge in [0.05, 0.1) is 6.10 Å². The van der Waals surface area contributed by atoms with Gasteiger partial charge in [-0.15, -0.1) is 0 Å². The summed E-state index contributed by atoms with van der Waals surface area (Å²) in [5.41, 5.74) is 0. The first-order valence-electron chi connectivity index (χ1n) is 5.21. The van der Waals surface area contributed by atoms with Gasteiger partial charge < -0.3 is 9.64 Å². The molecule has 0 aliphatic heterocycles. The van der Waals surface area contributed by atoms with E-state index in [1.54, 1.807) is 0 Å². The van der Waals surface area contributed by atoms with Crippen molar-refractivity contribution in [2.75, 3.05) is 11.9 Å². The fraction of sp³-hybridized carbons (Fsp3) is 0.700. The normalized spacial score (nSPS) is 11.0. The van der Waals surface area contributed by atoms with Crippen LogP contribution in [0, 0.1) is 0 Å². The van der Waals surface area contributed by atoms with Gasteiger partial charge in [-0.1, -0.05) is 0 Å². The molecule has 0 aromatic carbocycles. The average Bonchev–Trinajstić information content (AvgIpc) is 2.14. The Morgan fingerprint density at radius 2 is 1.75 bits per heavy atom. The Bertz CT molecular complexity index is 357. The third-order valence-electron chi connectivity index (χ3n) is 2.01. The van der Waals surface area contributed by atoms with Crippen molar-refractivity contribution in [1.82, 2.24) is 15.0 Å². The van der Waals surface area contributed by atoms with Gasteiger partial charge in [0, 0.05) is 13.1 Å². The summed E-state index contributed by atoms with van der Waals surface area (Å²) in [5, 5.41) is 0.146. The van der Waals surface area contributed by atoms with E-state index in [0.29, 0.717) is 5.95 Å². The third kappa shape index (κ3) is 3.48. The molecule has 0 aliphatic carbocycles. The maximum atomic E-state index is 5.81. The summed E-state index contributed by atoms with van der Waals surface area (Å²) in [7, 11) is 1.90. The highest BCUT2D eigenvalue weighted by atomic mass is 35.5. The number of halogens is 1. The number of nitrogens with zero attached hydrogens (tertiary/aromatic N) is 4. The van der Waals surface area contributed by atoms with E-state index in [1.807, 2.05) is 39.6 Å². The van der Waals surface area contributed by atoms with Crippen molar-refractivity contribution in [1.29, 1.82) is 0 Å². The van der Waals surface area contributed by atoms with Crippen molar-refractivity contribution in [2.45, 2.75) is 39.8 Å². The molecule has 0 amide bonds. The van der Waals surface area contributed by atoms with Crippen LogP contribution in [0.3, 0.4) is 0 Å². The highest BCUT2D eigenvalue weighted by Crippen LogP contribution is 2.16. The maximum Gasteiger partial charge on any atom is 0.322 e. The Labute approximate surface area is 101 Å². The Hall–Kier alpha value is -1.10. The van der Waals surface area contributed by atoms with Gasteiger partial charge in [-0.3, -0.25) is 0 Å². The number of rotatable bonds is 4. The lowest BCUT2D eigenvalue weighted by atomic mass is 10.4. The fourth-order valence-corrected chi connectivity index (χ4v) is 1.12. The molecular weight excluding hydrogens is 228 g/mol. The van der Waals surface area contributed by atoms with Crippen molar-refractivity contribution in [3.05, 3.63) is 5.28 Å². The first-order chi connectivity index (χ1) is 7.40. The lowest BCUT2D eigenvalue weighted by molar-refractivity contribution is 0.221. The Morgan fingerprint density at radius 1 is 1.12 bits per heavy atom. The zero-order chi connectivity index (χ0) is 12.3. The molecule has 1 aromatic rings. The highest BCUT2D eigenvalue weighted by Gasteiger charge is 2.13. The zero-order valence-corrected chi connectivity index (χ0v) is 11.0. The number of hydrogen-bond donors (Lipinski definition) is 0. The van der Waals surface area contributed by atoms with Crippen LogP contribution in [0.15, 0.2) is 0 Å². The second-order valence-corrected chi connectivity index (χ2v) is 4.40. The topological polar surface area (TPSA) is 51.1 Å². The molecule has 1 rings (SSSR count). The molecule has 1 aromatic heterocycles. The first-order valence-corrected chi connectivity index (χ1v) is 5.59. The molecule has 90 valence electrons. The van der Waals surface area contributed by atoms with Crippen LogP contribution in [0.4, 0.5) is 5.95 Å². The largest absolute Gasteiger partial charge is 0.461 e. The van der Waals surface area contributed by atoms with E-state index in [9.17, 15) is 0 Å². The van der Waals surface area contributed by atoms with Crippen LogP contribution in [0.2, 0.25) is 5.28 Å². The molecule has 0 atom stereocenters. The van der Waals surface area contributed by atoms with Crippen LogP contribution in [0.25, 0.3) is 0 Å². The molecule has 0 bridgehead atoms. The highest BCUT2D eigenvalue weighted by molar-refractivity contribution is 6.28. The summed E-state index contributed by atoms with van der Waals surface area (Å²) < 4.78 is 5.39. The quantitative estimate of drug-likeness (QED) is 0.812. The van der Waals surface area contributed by atoms with E-state index in [2.05, 4.69) is 15.0 Å². The van der Waals surface area contributed by atoms with Crippen molar-refractivity contribution in [3.63, 3.8) is 0 Å². The van der Waals surface area contributed by atoms with E-state index in [0.717, 1.165) is 0 Å². The molecule has 16 heavy (non-hydrogen) atoms. The monoisotopic (exact) mass is 244 g/mol. The first kappa shape index (κ1) is 13.0. The van der Waals surface area contributed by atoms with Crippen LogP contribution in [-0.4, -0.2) is 34.1 Å². The molecule has 5 nitrogen and oxygen atoms in total. The van der Waals surface area contributed by atoms with Crippen LogP contribution in [0.5, 0.6) is 6.01 Å². The van der Waals surface area contributed by atoms with Gasteiger partial charge >= 0.3 is 6.01 Å². The molecule has 1 heterocycles. The second kappa shape index (κ2) is 5.30. The molecule has 0 saturated carbocycles. The van der Waals surface area contributed by atoms with Crippen molar-refractivity contribution in [3.8, 4) is 6.01 Å². The minimum Gasteiger partial charge on any atom is -0.461 e. The standard InChI is InChI=1S/C10H17ClN4O/c1-6(2)15(5)9-12-8(11)13-10(14-9)16-7(3)4/h6-7H,1-5H3. The average molecular weight is 245 g/mol. The van der Waals surface area contributed by atoms with E-state index in [4.69, 9.17) is 16.3 Å². The zero-order valence-electron chi connectivity index (χ0n) is 10.2. The van der Waals surface area contributed by atoms with Crippen LogP contribution >= 0.6 is 11.6 Å². The summed E-state index contributed by atoms with van der Waals surface area (Å²) in [6, 6.07) is 0.544. The molecule has 0 fully saturated rings. The molecule has 6 heteroatoms. The summed E-state index contributed by atoms with van der Waals surface area (Å²) in [6.45, 7) is 7.90. The predicted octanol–water partition coefficient (Wildman–Crippen LogP) is 2.16. The second-order valence-electron chi connectivity index (χ2n) is 4.06. The van der Waals surface area contributed by atoms with Crippen LogP contribution in [0.1, 0.15) is 27.7 Å². The van der Waals surface area contributed by atoms with Crippen molar-refractivity contribution >= 4 is 17.5 Å². The van der Waals surface area contributed by atoms with E-state index < -0.39 is 0 Å². The van der Waals surface area contributed by atoms with Gasteiger partial charge in [-0.25, -0.2) is 0 Å². The summed E-state index contributed by atoms with van der Waals surface area (Å²) in [6.07, 6.45) is 0.00988. The van der Waals surface area contributed by atoms with Gasteiger partial charge in [0.1, 0.15) is 0 Å². The van der Waals surface area contributed by atoms with E-state index in [1.165, 1.54) is 0 Å². The number of aromatic nitrogens is 3. The molecule has 0 saturated heterocycles.